The molecular formula is C13H17NO6S. The van der Waals surface area contributed by atoms with E-state index >= 15 is 0 Å². The van der Waals surface area contributed by atoms with E-state index in [4.69, 9.17) is 14.6 Å². The zero-order valence-electron chi connectivity index (χ0n) is 11.5. The first kappa shape index (κ1) is 15.7. The maximum atomic E-state index is 12.2. The van der Waals surface area contributed by atoms with Crippen molar-refractivity contribution < 1.29 is 27.8 Å². The lowest BCUT2D eigenvalue weighted by Crippen LogP contribution is -2.39. The van der Waals surface area contributed by atoms with Crippen LogP contribution in [0.1, 0.15) is 13.3 Å². The van der Waals surface area contributed by atoms with Crippen LogP contribution in [0.4, 0.5) is 0 Å². The number of aliphatic carboxylic acids is 1. The van der Waals surface area contributed by atoms with Gasteiger partial charge in [0.05, 0.1) is 17.0 Å². The van der Waals surface area contributed by atoms with Gasteiger partial charge >= 0.3 is 5.97 Å². The third-order valence-corrected chi connectivity index (χ3v) is 4.68. The lowest BCUT2D eigenvalue weighted by Gasteiger charge is -2.16. The number of carboxylic acid groups (broad SMARTS) is 1. The molecule has 0 amide bonds. The summed E-state index contributed by atoms with van der Waals surface area (Å²) in [4.78, 5) is 10.5. The van der Waals surface area contributed by atoms with E-state index in [0.717, 1.165) is 0 Å². The molecule has 1 heterocycles. The van der Waals surface area contributed by atoms with Gasteiger partial charge in [0.25, 0.3) is 0 Å². The quantitative estimate of drug-likeness (QED) is 0.797. The van der Waals surface area contributed by atoms with Crippen LogP contribution >= 0.6 is 0 Å². The maximum absolute atomic E-state index is 12.2. The minimum atomic E-state index is -3.63. The molecular weight excluding hydrogens is 298 g/mol. The minimum Gasteiger partial charge on any atom is -0.482 e. The molecule has 1 aromatic rings. The van der Waals surface area contributed by atoms with Crippen molar-refractivity contribution in [1.82, 2.24) is 4.72 Å². The summed E-state index contributed by atoms with van der Waals surface area (Å²) in [6.07, 6.45) is 0.484. The Bertz CT molecular complexity index is 598. The number of ether oxygens (including phenoxy) is 2. The van der Waals surface area contributed by atoms with Crippen molar-refractivity contribution in [2.24, 2.45) is 0 Å². The summed E-state index contributed by atoms with van der Waals surface area (Å²) < 4.78 is 37.3. The highest BCUT2D eigenvalue weighted by molar-refractivity contribution is 7.89. The predicted molar refractivity (Wildman–Crippen MR) is 73.7 cm³/mol. The molecule has 116 valence electrons. The van der Waals surface area contributed by atoms with Crippen molar-refractivity contribution in [3.05, 3.63) is 24.3 Å². The average Bonchev–Trinajstić information content (AvgIpc) is 2.82. The Morgan fingerprint density at radius 3 is 2.62 bits per heavy atom. The van der Waals surface area contributed by atoms with Crippen molar-refractivity contribution >= 4 is 16.0 Å². The zero-order chi connectivity index (χ0) is 15.5. The molecule has 2 rings (SSSR count). The van der Waals surface area contributed by atoms with Crippen molar-refractivity contribution in [1.29, 1.82) is 0 Å². The molecule has 7 nitrogen and oxygen atoms in total. The standard InChI is InChI=1S/C13H17NO6S/c1-9-12(6-7-19-9)14-21(17,18)11-4-2-10(3-5-11)20-8-13(15)16/h2-5,9,12,14H,6-8H2,1H3,(H,15,16). The van der Waals surface area contributed by atoms with E-state index < -0.39 is 22.6 Å². The Kier molecular flexibility index (Phi) is 4.81. The van der Waals surface area contributed by atoms with Gasteiger partial charge in [-0.1, -0.05) is 0 Å². The molecule has 1 aliphatic rings. The summed E-state index contributed by atoms with van der Waals surface area (Å²) >= 11 is 0. The van der Waals surface area contributed by atoms with Crippen molar-refractivity contribution in [3.63, 3.8) is 0 Å². The molecule has 2 N–H and O–H groups in total. The second kappa shape index (κ2) is 6.42. The van der Waals surface area contributed by atoms with Crippen LogP contribution in [-0.2, 0) is 19.6 Å². The number of nitrogens with one attached hydrogen (secondary N) is 1. The molecule has 1 fully saturated rings. The van der Waals surface area contributed by atoms with Crippen LogP contribution in [0, 0.1) is 0 Å². The van der Waals surface area contributed by atoms with Crippen LogP contribution in [0.5, 0.6) is 5.75 Å². The first-order valence-electron chi connectivity index (χ1n) is 6.47. The number of rotatable bonds is 6. The smallest absolute Gasteiger partial charge is 0.341 e. The van der Waals surface area contributed by atoms with Gasteiger partial charge in [0.2, 0.25) is 10.0 Å². The van der Waals surface area contributed by atoms with Gasteiger partial charge in [-0.25, -0.2) is 17.9 Å². The highest BCUT2D eigenvalue weighted by Gasteiger charge is 2.29. The molecule has 1 saturated heterocycles. The molecule has 0 spiro atoms. The number of carboxylic acids is 1. The molecule has 2 unspecified atom stereocenters. The summed E-state index contributed by atoms with van der Waals surface area (Å²) in [5.41, 5.74) is 0. The SMILES string of the molecule is CC1OCCC1NS(=O)(=O)c1ccc(OCC(=O)O)cc1. The molecule has 1 aromatic carbocycles. The maximum Gasteiger partial charge on any atom is 0.341 e. The Morgan fingerprint density at radius 2 is 2.10 bits per heavy atom. The largest absolute Gasteiger partial charge is 0.482 e. The highest BCUT2D eigenvalue weighted by atomic mass is 32.2. The fourth-order valence-corrected chi connectivity index (χ4v) is 3.35. The highest BCUT2D eigenvalue weighted by Crippen LogP contribution is 2.19. The van der Waals surface area contributed by atoms with Gasteiger partial charge in [-0.2, -0.15) is 0 Å². The van der Waals surface area contributed by atoms with Gasteiger partial charge < -0.3 is 14.6 Å². The summed E-state index contributed by atoms with van der Waals surface area (Å²) in [5, 5.41) is 8.50. The van der Waals surface area contributed by atoms with Gasteiger partial charge in [-0.3, -0.25) is 0 Å². The minimum absolute atomic E-state index is 0.101. The van der Waals surface area contributed by atoms with E-state index in [1.165, 1.54) is 24.3 Å². The van der Waals surface area contributed by atoms with Crippen LogP contribution in [0.2, 0.25) is 0 Å². The Balaban J connectivity index is 2.04. The molecule has 21 heavy (non-hydrogen) atoms. The van der Waals surface area contributed by atoms with Gasteiger partial charge in [0.1, 0.15) is 5.75 Å². The van der Waals surface area contributed by atoms with Gasteiger partial charge in [0, 0.05) is 6.61 Å². The van der Waals surface area contributed by atoms with E-state index in [9.17, 15) is 13.2 Å². The van der Waals surface area contributed by atoms with E-state index in [2.05, 4.69) is 4.72 Å². The molecule has 0 radical (unpaired) electrons. The first-order valence-corrected chi connectivity index (χ1v) is 7.95. The van der Waals surface area contributed by atoms with Crippen LogP contribution in [0.25, 0.3) is 0 Å². The van der Waals surface area contributed by atoms with Crippen molar-refractivity contribution in [3.8, 4) is 5.75 Å². The Hall–Kier alpha value is -1.64. The molecule has 0 bridgehead atoms. The second-order valence-corrected chi connectivity index (χ2v) is 6.46. The molecule has 8 heteroatoms. The van der Waals surface area contributed by atoms with E-state index in [-0.39, 0.29) is 17.0 Å². The normalized spacial score (nSPS) is 22.1. The number of carbonyl (C=O) groups is 1. The molecule has 1 aliphatic heterocycles. The third-order valence-electron chi connectivity index (χ3n) is 3.18. The first-order chi connectivity index (χ1) is 9.88. The molecule has 2 atom stereocenters. The van der Waals surface area contributed by atoms with Crippen molar-refractivity contribution in [2.45, 2.75) is 30.4 Å². The summed E-state index contributed by atoms with van der Waals surface area (Å²) in [7, 11) is -3.63. The monoisotopic (exact) mass is 315 g/mol. The van der Waals surface area contributed by atoms with Gasteiger partial charge in [-0.05, 0) is 37.6 Å². The topological polar surface area (TPSA) is 102 Å². The lowest BCUT2D eigenvalue weighted by molar-refractivity contribution is -0.139. The average molecular weight is 315 g/mol. The number of hydrogen-bond donors (Lipinski definition) is 2. The van der Waals surface area contributed by atoms with E-state index in [1.54, 1.807) is 0 Å². The summed E-state index contributed by atoms with van der Waals surface area (Å²) in [6, 6.07) is 5.36. The summed E-state index contributed by atoms with van der Waals surface area (Å²) in [5.74, 6) is -0.794. The Morgan fingerprint density at radius 1 is 1.43 bits per heavy atom. The Labute approximate surface area is 122 Å². The van der Waals surface area contributed by atoms with Gasteiger partial charge in [0.15, 0.2) is 6.61 Å². The lowest BCUT2D eigenvalue weighted by atomic mass is 10.2. The van der Waals surface area contributed by atoms with Crippen LogP contribution < -0.4 is 9.46 Å². The fourth-order valence-electron chi connectivity index (χ4n) is 2.01. The van der Waals surface area contributed by atoms with E-state index in [0.29, 0.717) is 18.8 Å². The van der Waals surface area contributed by atoms with Crippen LogP contribution in [-0.4, -0.2) is 44.9 Å². The molecule has 0 aliphatic carbocycles. The number of hydrogen-bond acceptors (Lipinski definition) is 5. The van der Waals surface area contributed by atoms with Crippen molar-refractivity contribution in [2.75, 3.05) is 13.2 Å². The fraction of sp³-hybridized carbons (Fsp3) is 0.462. The third kappa shape index (κ3) is 4.16. The van der Waals surface area contributed by atoms with Crippen LogP contribution in [0.15, 0.2) is 29.2 Å². The van der Waals surface area contributed by atoms with Gasteiger partial charge in [-0.15, -0.1) is 0 Å². The van der Waals surface area contributed by atoms with E-state index in [1.807, 2.05) is 6.92 Å². The molecule has 0 saturated carbocycles. The predicted octanol–water partition coefficient (Wildman–Crippen LogP) is 0.606. The zero-order valence-corrected chi connectivity index (χ0v) is 12.3. The number of benzene rings is 1. The summed E-state index contributed by atoms with van der Waals surface area (Å²) in [6.45, 7) is 1.89. The molecule has 0 aromatic heterocycles. The van der Waals surface area contributed by atoms with Crippen LogP contribution in [0.3, 0.4) is 0 Å². The number of sulfonamides is 1. The second-order valence-electron chi connectivity index (χ2n) is 4.75.